The highest BCUT2D eigenvalue weighted by Crippen LogP contribution is 2.33. The van der Waals surface area contributed by atoms with Gasteiger partial charge in [0.15, 0.2) is 5.88 Å². The Morgan fingerprint density at radius 2 is 1.84 bits per heavy atom. The minimum atomic E-state index is 0.0324. The number of carbonyl (C=O) groups excluding carboxylic acids is 1. The Kier molecular flexibility index (Phi) is 7.51. The van der Waals surface area contributed by atoms with Gasteiger partial charge in [0.25, 0.3) is 0 Å². The van der Waals surface area contributed by atoms with Gasteiger partial charge in [-0.15, -0.1) is 0 Å². The quantitative estimate of drug-likeness (QED) is 0.333. The van der Waals surface area contributed by atoms with Crippen LogP contribution in [0.3, 0.4) is 0 Å². The average molecular weight is 530 g/mol. The van der Waals surface area contributed by atoms with Crippen LogP contribution < -0.4 is 4.90 Å². The zero-order chi connectivity index (χ0) is 26.8. The molecule has 0 aliphatic carbocycles. The lowest BCUT2D eigenvalue weighted by Gasteiger charge is -2.37. The standard InChI is InChI=1S/C30H32ClN5O2/c1-20-18-36(16-15-34(20)2)19-27(37)35(3)24-12-10-23(11-13-24)32-29(21-7-5-4-6-8-21)28-25-14-9-22(31)17-26(25)33-30(28)38/h4-14,17,20,33,38H,15-16,18-19H2,1-3H3. The lowest BCUT2D eigenvalue weighted by atomic mass is 10.0. The summed E-state index contributed by atoms with van der Waals surface area (Å²) >= 11 is 6.17. The number of halogens is 1. The Balaban J connectivity index is 1.42. The number of hydrogen-bond donors (Lipinski definition) is 2. The third-order valence-electron chi connectivity index (χ3n) is 7.28. The van der Waals surface area contributed by atoms with Crippen molar-refractivity contribution in [2.24, 2.45) is 4.99 Å². The van der Waals surface area contributed by atoms with Crippen LogP contribution in [0.4, 0.5) is 11.4 Å². The molecule has 1 saturated heterocycles. The van der Waals surface area contributed by atoms with Crippen molar-refractivity contribution in [1.29, 1.82) is 0 Å². The van der Waals surface area contributed by atoms with Crippen molar-refractivity contribution in [1.82, 2.24) is 14.8 Å². The fraction of sp³-hybridized carbons (Fsp3) is 0.267. The van der Waals surface area contributed by atoms with Gasteiger partial charge in [-0.25, -0.2) is 4.99 Å². The molecule has 1 aromatic heterocycles. The molecule has 5 rings (SSSR count). The smallest absolute Gasteiger partial charge is 0.240 e. The molecule has 3 aromatic carbocycles. The second kappa shape index (κ2) is 11.0. The molecule has 196 valence electrons. The molecule has 8 heteroatoms. The number of rotatable bonds is 6. The highest BCUT2D eigenvalue weighted by Gasteiger charge is 2.24. The minimum Gasteiger partial charge on any atom is -0.494 e. The number of anilines is 1. The molecule has 4 aromatic rings. The van der Waals surface area contributed by atoms with Crippen LogP contribution in [0.25, 0.3) is 10.9 Å². The first-order valence-corrected chi connectivity index (χ1v) is 13.1. The Hall–Kier alpha value is -3.65. The van der Waals surface area contributed by atoms with Gasteiger partial charge in [-0.3, -0.25) is 9.69 Å². The predicted molar refractivity (Wildman–Crippen MR) is 155 cm³/mol. The number of benzene rings is 3. The molecular weight excluding hydrogens is 498 g/mol. The van der Waals surface area contributed by atoms with Crippen LogP contribution in [0.1, 0.15) is 18.1 Å². The van der Waals surface area contributed by atoms with E-state index in [4.69, 9.17) is 16.6 Å². The molecule has 2 heterocycles. The number of hydrogen-bond acceptors (Lipinski definition) is 5. The van der Waals surface area contributed by atoms with Crippen molar-refractivity contribution >= 4 is 45.5 Å². The van der Waals surface area contributed by atoms with Crippen LogP contribution in [0.15, 0.2) is 77.8 Å². The molecule has 7 nitrogen and oxygen atoms in total. The number of carbonyl (C=O) groups is 1. The number of piperazine rings is 1. The lowest BCUT2D eigenvalue weighted by Crippen LogP contribution is -2.52. The van der Waals surface area contributed by atoms with Gasteiger partial charge in [0.05, 0.1) is 29.0 Å². The van der Waals surface area contributed by atoms with Gasteiger partial charge in [0, 0.05) is 54.4 Å². The van der Waals surface area contributed by atoms with Gasteiger partial charge in [0.2, 0.25) is 5.91 Å². The molecule has 1 amide bonds. The van der Waals surface area contributed by atoms with Crippen LogP contribution in [-0.4, -0.2) is 77.8 Å². The number of amides is 1. The number of H-pyrrole nitrogens is 1. The molecule has 0 saturated carbocycles. The van der Waals surface area contributed by atoms with E-state index in [0.717, 1.165) is 41.8 Å². The van der Waals surface area contributed by atoms with E-state index < -0.39 is 0 Å². The van der Waals surface area contributed by atoms with Crippen LogP contribution >= 0.6 is 11.6 Å². The van der Waals surface area contributed by atoms with Crippen LogP contribution in [0.2, 0.25) is 5.02 Å². The first-order valence-electron chi connectivity index (χ1n) is 12.7. The number of fused-ring (bicyclic) bond motifs is 1. The largest absolute Gasteiger partial charge is 0.494 e. The Morgan fingerprint density at radius 3 is 2.55 bits per heavy atom. The molecule has 2 N–H and O–H groups in total. The number of aromatic amines is 1. The van der Waals surface area contributed by atoms with E-state index in [1.54, 1.807) is 17.0 Å². The topological polar surface area (TPSA) is 75.2 Å². The van der Waals surface area contributed by atoms with Crippen LogP contribution in [0, 0.1) is 0 Å². The van der Waals surface area contributed by atoms with Crippen molar-refractivity contribution in [3.05, 3.63) is 88.9 Å². The third-order valence-corrected chi connectivity index (χ3v) is 7.51. The third kappa shape index (κ3) is 5.45. The first kappa shape index (κ1) is 26.0. The monoisotopic (exact) mass is 529 g/mol. The predicted octanol–water partition coefficient (Wildman–Crippen LogP) is 5.29. The summed E-state index contributed by atoms with van der Waals surface area (Å²) in [7, 11) is 3.93. The lowest BCUT2D eigenvalue weighted by molar-refractivity contribution is -0.120. The number of aromatic hydroxyl groups is 1. The number of likely N-dealkylation sites (N-methyl/N-ethyl adjacent to an activating group) is 2. The summed E-state index contributed by atoms with van der Waals surface area (Å²) in [4.78, 5) is 27.2. The Morgan fingerprint density at radius 1 is 1.11 bits per heavy atom. The molecule has 0 radical (unpaired) electrons. The SMILES string of the molecule is CC1CN(CC(=O)N(C)c2ccc(N=C(c3ccccc3)c3c(O)[nH]c4cc(Cl)ccc34)cc2)CCN1C. The Labute approximate surface area is 228 Å². The maximum atomic E-state index is 13.0. The zero-order valence-corrected chi connectivity index (χ0v) is 22.6. The molecule has 1 fully saturated rings. The van der Waals surface area contributed by atoms with Crippen molar-refractivity contribution in [2.75, 3.05) is 45.2 Å². The molecule has 0 bridgehead atoms. The van der Waals surface area contributed by atoms with E-state index in [1.807, 2.05) is 67.7 Å². The highest BCUT2D eigenvalue weighted by atomic mass is 35.5. The van der Waals surface area contributed by atoms with E-state index in [-0.39, 0.29) is 11.8 Å². The fourth-order valence-electron chi connectivity index (χ4n) is 4.84. The van der Waals surface area contributed by atoms with Crippen LogP contribution in [0.5, 0.6) is 5.88 Å². The summed E-state index contributed by atoms with van der Waals surface area (Å²) in [5.74, 6) is 0.0930. The van der Waals surface area contributed by atoms with Gasteiger partial charge in [-0.05, 0) is 50.4 Å². The number of nitrogens with zero attached hydrogens (tertiary/aromatic N) is 4. The molecule has 1 atom stereocenters. The highest BCUT2D eigenvalue weighted by molar-refractivity contribution is 6.31. The molecule has 38 heavy (non-hydrogen) atoms. The summed E-state index contributed by atoms with van der Waals surface area (Å²) in [6, 6.07) is 23.3. The van der Waals surface area contributed by atoms with Crippen LogP contribution in [-0.2, 0) is 4.79 Å². The zero-order valence-electron chi connectivity index (χ0n) is 21.9. The number of aromatic nitrogens is 1. The fourth-order valence-corrected chi connectivity index (χ4v) is 5.02. The summed E-state index contributed by atoms with van der Waals surface area (Å²) in [5, 5.41) is 12.3. The summed E-state index contributed by atoms with van der Waals surface area (Å²) in [5.41, 5.74) is 4.37. The maximum absolute atomic E-state index is 13.0. The molecule has 1 aliphatic heterocycles. The molecule has 1 aliphatic rings. The summed E-state index contributed by atoms with van der Waals surface area (Å²) in [6.45, 7) is 5.33. The van der Waals surface area contributed by atoms with Gasteiger partial charge in [0.1, 0.15) is 0 Å². The molecule has 1 unspecified atom stereocenters. The minimum absolute atomic E-state index is 0.0324. The van der Waals surface area contributed by atoms with Gasteiger partial charge >= 0.3 is 0 Å². The van der Waals surface area contributed by atoms with Crippen molar-refractivity contribution in [3.63, 3.8) is 0 Å². The number of nitrogens with one attached hydrogen (secondary N) is 1. The second-order valence-corrected chi connectivity index (χ2v) is 10.3. The Bertz CT molecular complexity index is 1470. The van der Waals surface area contributed by atoms with Gasteiger partial charge in [-0.2, -0.15) is 0 Å². The van der Waals surface area contributed by atoms with E-state index in [0.29, 0.717) is 34.6 Å². The van der Waals surface area contributed by atoms with Crippen molar-refractivity contribution < 1.29 is 9.90 Å². The summed E-state index contributed by atoms with van der Waals surface area (Å²) < 4.78 is 0. The number of aliphatic imine (C=N–C) groups is 1. The molecular formula is C30H32ClN5O2. The second-order valence-electron chi connectivity index (χ2n) is 9.90. The normalized spacial score (nSPS) is 17.2. The first-order chi connectivity index (χ1) is 18.3. The van der Waals surface area contributed by atoms with Gasteiger partial charge in [-0.1, -0.05) is 48.0 Å². The van der Waals surface area contributed by atoms with E-state index in [1.165, 1.54) is 0 Å². The van der Waals surface area contributed by atoms with E-state index in [2.05, 4.69) is 28.8 Å². The van der Waals surface area contributed by atoms with E-state index >= 15 is 0 Å². The van der Waals surface area contributed by atoms with Crippen molar-refractivity contribution in [2.45, 2.75) is 13.0 Å². The molecule has 0 spiro atoms. The van der Waals surface area contributed by atoms with E-state index in [9.17, 15) is 9.90 Å². The summed E-state index contributed by atoms with van der Waals surface area (Å²) in [6.07, 6.45) is 0. The van der Waals surface area contributed by atoms with Gasteiger partial charge < -0.3 is 19.9 Å². The maximum Gasteiger partial charge on any atom is 0.240 e. The average Bonchev–Trinajstić information content (AvgIpc) is 3.24. The van der Waals surface area contributed by atoms with Crippen molar-refractivity contribution in [3.8, 4) is 5.88 Å².